The third-order valence-corrected chi connectivity index (χ3v) is 6.54. The Hall–Kier alpha value is -2.65. The SMILES string of the molecule is CN(c1ccc(NCC2CCCCO2)c([N+](=O)[O-])c1)S(=O)(=O)c1ccccc1. The van der Waals surface area contributed by atoms with Crippen molar-refractivity contribution in [3.05, 3.63) is 58.6 Å². The van der Waals surface area contributed by atoms with Gasteiger partial charge in [-0.3, -0.25) is 14.4 Å². The fraction of sp³-hybridized carbons (Fsp3) is 0.368. The van der Waals surface area contributed by atoms with Crippen LogP contribution < -0.4 is 9.62 Å². The van der Waals surface area contributed by atoms with Gasteiger partial charge in [-0.2, -0.15) is 0 Å². The van der Waals surface area contributed by atoms with E-state index in [1.54, 1.807) is 24.3 Å². The Morgan fingerprint density at radius 1 is 1.21 bits per heavy atom. The van der Waals surface area contributed by atoms with Crippen molar-refractivity contribution in [2.24, 2.45) is 0 Å². The monoisotopic (exact) mass is 405 g/mol. The number of ether oxygens (including phenoxy) is 1. The van der Waals surface area contributed by atoms with Crippen molar-refractivity contribution >= 4 is 27.1 Å². The standard InChI is InChI=1S/C19H23N3O5S/c1-21(28(25,26)17-8-3-2-4-9-17)15-10-11-18(19(13-15)22(23)24)20-14-16-7-5-6-12-27-16/h2-4,8-11,13,16,20H,5-7,12,14H2,1H3. The predicted octanol–water partition coefficient (Wildman–Crippen LogP) is 3.40. The molecule has 1 aliphatic heterocycles. The molecule has 0 aromatic heterocycles. The minimum absolute atomic E-state index is 0.0224. The largest absolute Gasteiger partial charge is 0.377 e. The number of rotatable bonds is 7. The molecule has 9 heteroatoms. The maximum absolute atomic E-state index is 12.8. The van der Waals surface area contributed by atoms with Gasteiger partial charge in [-0.15, -0.1) is 0 Å². The molecule has 1 aliphatic rings. The Morgan fingerprint density at radius 2 is 1.96 bits per heavy atom. The Labute approximate surface area is 164 Å². The van der Waals surface area contributed by atoms with E-state index in [2.05, 4.69) is 5.32 Å². The molecule has 0 saturated carbocycles. The second kappa shape index (κ2) is 8.57. The van der Waals surface area contributed by atoms with E-state index < -0.39 is 14.9 Å². The highest BCUT2D eigenvalue weighted by molar-refractivity contribution is 7.92. The second-order valence-corrected chi connectivity index (χ2v) is 8.58. The molecule has 1 heterocycles. The zero-order valence-electron chi connectivity index (χ0n) is 15.6. The molecule has 1 atom stereocenters. The topological polar surface area (TPSA) is 102 Å². The average molecular weight is 405 g/mol. The van der Waals surface area contributed by atoms with Crippen LogP contribution in [0.4, 0.5) is 17.1 Å². The predicted molar refractivity (Wildman–Crippen MR) is 107 cm³/mol. The van der Waals surface area contributed by atoms with Gasteiger partial charge in [-0.05, 0) is 43.5 Å². The van der Waals surface area contributed by atoms with Gasteiger partial charge in [0.15, 0.2) is 0 Å². The molecular weight excluding hydrogens is 382 g/mol. The molecule has 150 valence electrons. The molecule has 0 aliphatic carbocycles. The number of nitrogens with one attached hydrogen (secondary N) is 1. The first-order valence-corrected chi connectivity index (χ1v) is 10.5. The summed E-state index contributed by atoms with van der Waals surface area (Å²) >= 11 is 0. The van der Waals surface area contributed by atoms with Crippen molar-refractivity contribution in [3.63, 3.8) is 0 Å². The van der Waals surface area contributed by atoms with E-state index in [9.17, 15) is 18.5 Å². The maximum atomic E-state index is 12.8. The average Bonchev–Trinajstić information content (AvgIpc) is 2.73. The van der Waals surface area contributed by atoms with Gasteiger partial charge in [-0.1, -0.05) is 18.2 Å². The summed E-state index contributed by atoms with van der Waals surface area (Å²) in [5.74, 6) is 0. The minimum Gasteiger partial charge on any atom is -0.377 e. The van der Waals surface area contributed by atoms with Crippen LogP contribution in [0, 0.1) is 10.1 Å². The Morgan fingerprint density at radius 3 is 2.61 bits per heavy atom. The van der Waals surface area contributed by atoms with Crippen LogP contribution >= 0.6 is 0 Å². The summed E-state index contributed by atoms with van der Waals surface area (Å²) in [6.45, 7) is 1.17. The quantitative estimate of drug-likeness (QED) is 0.559. The summed E-state index contributed by atoms with van der Waals surface area (Å²) in [5.41, 5.74) is 0.381. The number of benzene rings is 2. The van der Waals surface area contributed by atoms with Crippen molar-refractivity contribution in [1.82, 2.24) is 0 Å². The number of hydrogen-bond donors (Lipinski definition) is 1. The van der Waals surface area contributed by atoms with E-state index in [1.807, 2.05) is 0 Å². The summed E-state index contributed by atoms with van der Waals surface area (Å²) < 4.78 is 32.2. The number of nitro groups is 1. The van der Waals surface area contributed by atoms with Crippen molar-refractivity contribution in [2.45, 2.75) is 30.3 Å². The minimum atomic E-state index is -3.81. The van der Waals surface area contributed by atoms with Gasteiger partial charge >= 0.3 is 0 Å². The molecule has 1 fully saturated rings. The molecule has 0 radical (unpaired) electrons. The third kappa shape index (κ3) is 4.42. The Bertz CT molecular complexity index is 928. The molecule has 0 bridgehead atoms. The number of nitro benzene ring substituents is 1. The first-order valence-electron chi connectivity index (χ1n) is 9.07. The smallest absolute Gasteiger partial charge is 0.294 e. The molecule has 1 N–H and O–H groups in total. The molecular formula is C19H23N3O5S. The third-order valence-electron chi connectivity index (χ3n) is 4.74. The van der Waals surface area contributed by atoms with Crippen LogP contribution in [-0.2, 0) is 14.8 Å². The Kier molecular flexibility index (Phi) is 6.15. The van der Waals surface area contributed by atoms with Crippen molar-refractivity contribution in [1.29, 1.82) is 0 Å². The summed E-state index contributed by atoms with van der Waals surface area (Å²) in [5, 5.41) is 14.6. The summed E-state index contributed by atoms with van der Waals surface area (Å²) in [7, 11) is -2.43. The first kappa shape index (κ1) is 20.1. The summed E-state index contributed by atoms with van der Waals surface area (Å²) in [6.07, 6.45) is 3.05. The maximum Gasteiger partial charge on any atom is 0.294 e. The van der Waals surface area contributed by atoms with Gasteiger partial charge in [0, 0.05) is 26.3 Å². The van der Waals surface area contributed by atoms with E-state index in [0.29, 0.717) is 18.8 Å². The van der Waals surface area contributed by atoms with Crippen molar-refractivity contribution < 1.29 is 18.1 Å². The first-order chi connectivity index (χ1) is 13.4. The summed E-state index contributed by atoms with van der Waals surface area (Å²) in [4.78, 5) is 11.1. The lowest BCUT2D eigenvalue weighted by Gasteiger charge is -2.23. The lowest BCUT2D eigenvalue weighted by molar-refractivity contribution is -0.383. The fourth-order valence-corrected chi connectivity index (χ4v) is 4.31. The number of sulfonamides is 1. The van der Waals surface area contributed by atoms with E-state index in [-0.39, 0.29) is 22.4 Å². The van der Waals surface area contributed by atoms with Gasteiger partial charge in [0.05, 0.1) is 21.6 Å². The van der Waals surface area contributed by atoms with Crippen molar-refractivity contribution in [3.8, 4) is 0 Å². The van der Waals surface area contributed by atoms with Crippen LogP contribution in [0.1, 0.15) is 19.3 Å². The molecule has 8 nitrogen and oxygen atoms in total. The van der Waals surface area contributed by atoms with Crippen molar-refractivity contribution in [2.75, 3.05) is 29.8 Å². The van der Waals surface area contributed by atoms with Crippen LogP contribution in [0.3, 0.4) is 0 Å². The zero-order valence-corrected chi connectivity index (χ0v) is 16.4. The Balaban J connectivity index is 1.82. The molecule has 2 aromatic carbocycles. The van der Waals surface area contributed by atoms with Crippen LogP contribution in [0.15, 0.2) is 53.4 Å². The van der Waals surface area contributed by atoms with E-state index in [1.165, 1.54) is 31.3 Å². The molecule has 0 amide bonds. The van der Waals surface area contributed by atoms with Crippen LogP contribution in [0.2, 0.25) is 0 Å². The lowest BCUT2D eigenvalue weighted by Crippen LogP contribution is -2.28. The zero-order chi connectivity index (χ0) is 20.1. The van der Waals surface area contributed by atoms with Crippen LogP contribution in [0.25, 0.3) is 0 Å². The molecule has 0 spiro atoms. The van der Waals surface area contributed by atoms with Gasteiger partial charge < -0.3 is 10.1 Å². The fourth-order valence-electron chi connectivity index (χ4n) is 3.10. The molecule has 3 rings (SSSR count). The van der Waals surface area contributed by atoms with Gasteiger partial charge in [-0.25, -0.2) is 8.42 Å². The highest BCUT2D eigenvalue weighted by atomic mass is 32.2. The van der Waals surface area contributed by atoms with Gasteiger partial charge in [0.1, 0.15) is 5.69 Å². The van der Waals surface area contributed by atoms with Crippen LogP contribution in [0.5, 0.6) is 0 Å². The normalized spacial score (nSPS) is 17.1. The highest BCUT2D eigenvalue weighted by Gasteiger charge is 2.24. The number of nitrogens with zero attached hydrogens (tertiary/aromatic N) is 2. The number of anilines is 2. The molecule has 1 saturated heterocycles. The second-order valence-electron chi connectivity index (χ2n) is 6.61. The van der Waals surface area contributed by atoms with Gasteiger partial charge in [0.25, 0.3) is 15.7 Å². The highest BCUT2D eigenvalue weighted by Crippen LogP contribution is 2.32. The summed E-state index contributed by atoms with van der Waals surface area (Å²) in [6, 6.07) is 12.3. The molecule has 1 unspecified atom stereocenters. The van der Waals surface area contributed by atoms with E-state index in [0.717, 1.165) is 23.6 Å². The molecule has 2 aromatic rings. The van der Waals surface area contributed by atoms with Gasteiger partial charge in [0.2, 0.25) is 0 Å². The van der Waals surface area contributed by atoms with Crippen LogP contribution in [-0.4, -0.2) is 39.6 Å². The van der Waals surface area contributed by atoms with E-state index >= 15 is 0 Å². The van der Waals surface area contributed by atoms with E-state index in [4.69, 9.17) is 4.74 Å². The number of hydrogen-bond acceptors (Lipinski definition) is 6. The lowest BCUT2D eigenvalue weighted by atomic mass is 10.1. The molecule has 28 heavy (non-hydrogen) atoms.